The third-order valence-electron chi connectivity index (χ3n) is 5.43. The smallest absolute Gasteiger partial charge is 0.490 e. The largest absolute Gasteiger partial charge is 0.528 e. The van der Waals surface area contributed by atoms with Gasteiger partial charge >= 0.3 is 6.16 Å². The molecule has 0 amide bonds. The number of carbonyl (C=O) groups is 1. The predicted octanol–water partition coefficient (Wildman–Crippen LogP) is 3.44. The van der Waals surface area contributed by atoms with Gasteiger partial charge in [-0.25, -0.2) is 18.2 Å². The fourth-order valence-corrected chi connectivity index (χ4v) is 4.23. The number of methoxy groups -OCH3 is 1. The fourth-order valence-electron chi connectivity index (χ4n) is 3.65. The number of rotatable bonds is 10. The molecule has 0 aromatic carbocycles. The van der Waals surface area contributed by atoms with Crippen molar-refractivity contribution in [3.63, 3.8) is 0 Å². The molecule has 1 N–H and O–H groups in total. The van der Waals surface area contributed by atoms with Crippen molar-refractivity contribution in [1.82, 2.24) is 15.0 Å². The van der Waals surface area contributed by atoms with Gasteiger partial charge in [-0.15, -0.1) is 5.06 Å². The van der Waals surface area contributed by atoms with Crippen LogP contribution in [-0.2, 0) is 25.8 Å². The first kappa shape index (κ1) is 27.5. The lowest BCUT2D eigenvalue weighted by Gasteiger charge is -2.30. The second-order valence-electron chi connectivity index (χ2n) is 8.89. The molecule has 0 unspecified atom stereocenters. The van der Waals surface area contributed by atoms with Gasteiger partial charge in [-0.1, -0.05) is 0 Å². The number of nitrogens with zero attached hydrogens (tertiary/aromatic N) is 3. The number of hydrogen-bond acceptors (Lipinski definition) is 11. The van der Waals surface area contributed by atoms with Crippen LogP contribution in [0.25, 0.3) is 0 Å². The Morgan fingerprint density at radius 2 is 1.94 bits per heavy atom. The van der Waals surface area contributed by atoms with Crippen LogP contribution >= 0.6 is 0 Å². The van der Waals surface area contributed by atoms with Crippen molar-refractivity contribution < 1.29 is 32.3 Å². The predicted molar refractivity (Wildman–Crippen MR) is 134 cm³/mol. The number of sulfone groups is 1. The van der Waals surface area contributed by atoms with Crippen LogP contribution < -0.4 is 14.8 Å². The van der Waals surface area contributed by atoms with E-state index in [-0.39, 0.29) is 18.0 Å². The molecular weight excluding hydrogens is 488 g/mol. The normalized spacial score (nSPS) is 14.9. The first-order valence-electron chi connectivity index (χ1n) is 11.8. The second kappa shape index (κ2) is 12.2. The summed E-state index contributed by atoms with van der Waals surface area (Å²) in [5.41, 5.74) is 2.13. The lowest BCUT2D eigenvalue weighted by atomic mass is 10.1. The molecule has 0 aliphatic carbocycles. The molecule has 0 bridgehead atoms. The summed E-state index contributed by atoms with van der Waals surface area (Å²) < 4.78 is 39.7. The number of pyridine rings is 2. The Balaban J connectivity index is 1.62. The van der Waals surface area contributed by atoms with E-state index < -0.39 is 16.0 Å². The van der Waals surface area contributed by atoms with Crippen molar-refractivity contribution in [2.24, 2.45) is 0 Å². The Hall–Kier alpha value is -3.12. The SMILES string of the molecule is COc1c(OC2CCN(OC(=O)OC(C)C)CC2)ccnc1Nc1ccc(CCS(C)(=O)=O)nc1C. The lowest BCUT2D eigenvalue weighted by molar-refractivity contribution is -0.151. The summed E-state index contributed by atoms with van der Waals surface area (Å²) in [5, 5.41) is 4.82. The van der Waals surface area contributed by atoms with Crippen molar-refractivity contribution in [2.75, 3.05) is 37.5 Å². The maximum Gasteiger partial charge on any atom is 0.528 e. The highest BCUT2D eigenvalue weighted by Crippen LogP contribution is 2.36. The number of carbonyl (C=O) groups excluding carboxylic acids is 1. The molecule has 1 saturated heterocycles. The zero-order chi connectivity index (χ0) is 26.3. The number of anilines is 2. The van der Waals surface area contributed by atoms with Crippen LogP contribution in [0.3, 0.4) is 0 Å². The van der Waals surface area contributed by atoms with E-state index in [2.05, 4.69) is 15.3 Å². The number of piperidine rings is 1. The van der Waals surface area contributed by atoms with E-state index in [4.69, 9.17) is 19.0 Å². The molecule has 2 aromatic heterocycles. The molecule has 12 heteroatoms. The lowest BCUT2D eigenvalue weighted by Crippen LogP contribution is -2.39. The van der Waals surface area contributed by atoms with Crippen LogP contribution in [0.15, 0.2) is 24.4 Å². The molecule has 1 fully saturated rings. The molecule has 36 heavy (non-hydrogen) atoms. The van der Waals surface area contributed by atoms with Crippen LogP contribution in [0, 0.1) is 6.92 Å². The molecule has 198 valence electrons. The molecule has 11 nitrogen and oxygen atoms in total. The number of nitrogens with one attached hydrogen (secondary N) is 1. The summed E-state index contributed by atoms with van der Waals surface area (Å²) in [5.74, 6) is 1.52. The van der Waals surface area contributed by atoms with Gasteiger partial charge in [0.05, 0.1) is 30.3 Å². The van der Waals surface area contributed by atoms with Gasteiger partial charge in [0.2, 0.25) is 5.75 Å². The Morgan fingerprint density at radius 3 is 2.56 bits per heavy atom. The number of hydroxylamine groups is 2. The summed E-state index contributed by atoms with van der Waals surface area (Å²) >= 11 is 0. The monoisotopic (exact) mass is 522 g/mol. The molecule has 0 atom stereocenters. The maximum atomic E-state index is 11.7. The average Bonchev–Trinajstić information content (AvgIpc) is 2.80. The van der Waals surface area contributed by atoms with E-state index in [0.29, 0.717) is 61.1 Å². The summed E-state index contributed by atoms with van der Waals surface area (Å²) in [7, 11) is -1.51. The van der Waals surface area contributed by atoms with Crippen molar-refractivity contribution in [1.29, 1.82) is 0 Å². The highest BCUT2D eigenvalue weighted by Gasteiger charge is 2.25. The van der Waals surface area contributed by atoms with Gasteiger partial charge in [-0.3, -0.25) is 4.98 Å². The minimum atomic E-state index is -3.06. The van der Waals surface area contributed by atoms with Crippen LogP contribution in [0.2, 0.25) is 0 Å². The number of hydrogen-bond donors (Lipinski definition) is 1. The molecule has 0 radical (unpaired) electrons. The number of aromatic nitrogens is 2. The third kappa shape index (κ3) is 8.23. The molecule has 2 aromatic rings. The first-order valence-corrected chi connectivity index (χ1v) is 13.8. The van der Waals surface area contributed by atoms with Crippen LogP contribution in [0.1, 0.15) is 38.1 Å². The van der Waals surface area contributed by atoms with Gasteiger partial charge in [-0.05, 0) is 32.9 Å². The number of ether oxygens (including phenoxy) is 3. The maximum absolute atomic E-state index is 11.7. The fraction of sp³-hybridized carbons (Fsp3) is 0.542. The van der Waals surface area contributed by atoms with Crippen molar-refractivity contribution >= 4 is 27.5 Å². The van der Waals surface area contributed by atoms with Crippen molar-refractivity contribution in [3.8, 4) is 11.5 Å². The van der Waals surface area contributed by atoms with Gasteiger partial charge in [-0.2, -0.15) is 0 Å². The van der Waals surface area contributed by atoms with Crippen molar-refractivity contribution in [2.45, 2.75) is 52.2 Å². The van der Waals surface area contributed by atoms with E-state index in [9.17, 15) is 13.2 Å². The Kier molecular flexibility index (Phi) is 9.32. The minimum absolute atomic E-state index is 0.0497. The Bertz CT molecular complexity index is 1150. The van der Waals surface area contributed by atoms with Crippen LogP contribution in [-0.4, -0.2) is 74.0 Å². The molecular formula is C24H34N4O7S. The Morgan fingerprint density at radius 1 is 1.22 bits per heavy atom. The van der Waals surface area contributed by atoms with Gasteiger partial charge in [0, 0.05) is 56.6 Å². The van der Waals surface area contributed by atoms with E-state index >= 15 is 0 Å². The Labute approximate surface area is 212 Å². The standard InChI is InChI=1S/C24H34N4O7S/c1-16(2)33-24(29)35-28-13-9-19(10-14-28)34-21-8-12-25-23(22(21)32-4)27-20-7-6-18(26-17(20)3)11-15-36(5,30)31/h6-8,12,16,19H,9-11,13-15H2,1-5H3,(H,25,27). The molecule has 1 aliphatic heterocycles. The molecule has 1 aliphatic rings. The van der Waals surface area contributed by atoms with Gasteiger partial charge in [0.25, 0.3) is 0 Å². The van der Waals surface area contributed by atoms with Gasteiger partial charge < -0.3 is 24.4 Å². The molecule has 0 spiro atoms. The van der Waals surface area contributed by atoms with Gasteiger partial charge in [0.1, 0.15) is 15.9 Å². The summed E-state index contributed by atoms with van der Waals surface area (Å²) in [6, 6.07) is 5.38. The summed E-state index contributed by atoms with van der Waals surface area (Å²) in [6.45, 7) is 6.41. The van der Waals surface area contributed by atoms with E-state index in [1.807, 2.05) is 13.0 Å². The first-order chi connectivity index (χ1) is 17.0. The van der Waals surface area contributed by atoms with Crippen LogP contribution in [0.4, 0.5) is 16.3 Å². The quantitative estimate of drug-likeness (QED) is 0.461. The summed E-state index contributed by atoms with van der Waals surface area (Å²) in [4.78, 5) is 25.8. The highest BCUT2D eigenvalue weighted by molar-refractivity contribution is 7.90. The van der Waals surface area contributed by atoms with Crippen molar-refractivity contribution in [3.05, 3.63) is 35.8 Å². The second-order valence-corrected chi connectivity index (χ2v) is 11.1. The topological polar surface area (TPSA) is 129 Å². The van der Waals surface area contributed by atoms with Gasteiger partial charge in [0.15, 0.2) is 11.6 Å². The van der Waals surface area contributed by atoms with E-state index in [1.54, 1.807) is 44.4 Å². The van der Waals surface area contributed by atoms with E-state index in [0.717, 1.165) is 5.69 Å². The third-order valence-corrected chi connectivity index (χ3v) is 6.37. The molecule has 3 heterocycles. The molecule has 3 rings (SSSR count). The zero-order valence-corrected chi connectivity index (χ0v) is 22.1. The average molecular weight is 523 g/mol. The molecule has 0 saturated carbocycles. The summed E-state index contributed by atoms with van der Waals surface area (Å²) in [6.07, 6.45) is 3.47. The zero-order valence-electron chi connectivity index (χ0n) is 21.3. The number of aryl methyl sites for hydroxylation is 2. The minimum Gasteiger partial charge on any atom is -0.490 e. The highest BCUT2D eigenvalue weighted by atomic mass is 32.2. The van der Waals surface area contributed by atoms with E-state index in [1.165, 1.54) is 6.26 Å². The van der Waals surface area contributed by atoms with Crippen LogP contribution in [0.5, 0.6) is 11.5 Å².